The van der Waals surface area contributed by atoms with Crippen LogP contribution in [-0.2, 0) is 6.54 Å². The van der Waals surface area contributed by atoms with Gasteiger partial charge in [-0.25, -0.2) is 0 Å². The highest BCUT2D eigenvalue weighted by atomic mass is 16.5. The van der Waals surface area contributed by atoms with Crippen molar-refractivity contribution in [3.05, 3.63) is 23.8 Å². The van der Waals surface area contributed by atoms with E-state index in [4.69, 9.17) is 9.47 Å². The summed E-state index contributed by atoms with van der Waals surface area (Å²) < 4.78 is 10.5. The first-order chi connectivity index (χ1) is 9.21. The number of nitrogens with one attached hydrogen (secondary N) is 1. The third-order valence-corrected chi connectivity index (χ3v) is 3.94. The van der Waals surface area contributed by atoms with E-state index in [2.05, 4.69) is 5.32 Å². The second-order valence-electron chi connectivity index (χ2n) is 5.22. The molecule has 1 aliphatic rings. The first-order valence-corrected chi connectivity index (χ1v) is 6.79. The number of aliphatic hydroxyl groups excluding tert-OH is 1. The lowest BCUT2D eigenvalue weighted by Crippen LogP contribution is -2.45. The van der Waals surface area contributed by atoms with E-state index >= 15 is 0 Å². The third-order valence-electron chi connectivity index (χ3n) is 3.94. The molecule has 0 amide bonds. The van der Waals surface area contributed by atoms with Gasteiger partial charge in [-0.1, -0.05) is 12.8 Å². The molecule has 0 saturated heterocycles. The monoisotopic (exact) mass is 265 g/mol. The second-order valence-corrected chi connectivity index (χ2v) is 5.22. The fraction of sp³-hybridized carbons (Fsp3) is 0.600. The van der Waals surface area contributed by atoms with Gasteiger partial charge in [0.1, 0.15) is 11.5 Å². The topological polar surface area (TPSA) is 50.7 Å². The Morgan fingerprint density at radius 2 is 1.68 bits per heavy atom. The van der Waals surface area contributed by atoms with Crippen LogP contribution in [0.2, 0.25) is 0 Å². The number of hydrogen-bond donors (Lipinski definition) is 2. The van der Waals surface area contributed by atoms with Gasteiger partial charge < -0.3 is 19.9 Å². The molecule has 1 aliphatic carbocycles. The van der Waals surface area contributed by atoms with E-state index in [0.29, 0.717) is 6.54 Å². The van der Waals surface area contributed by atoms with Gasteiger partial charge in [0.15, 0.2) is 0 Å². The highest BCUT2D eigenvalue weighted by Gasteiger charge is 2.32. The van der Waals surface area contributed by atoms with Crippen LogP contribution in [0, 0.1) is 0 Å². The van der Waals surface area contributed by atoms with Crippen LogP contribution in [0.4, 0.5) is 0 Å². The Hall–Kier alpha value is -1.26. The van der Waals surface area contributed by atoms with Gasteiger partial charge in [0.25, 0.3) is 0 Å². The van der Waals surface area contributed by atoms with Gasteiger partial charge in [0, 0.05) is 18.2 Å². The highest BCUT2D eigenvalue weighted by molar-refractivity contribution is 5.38. The van der Waals surface area contributed by atoms with Gasteiger partial charge in [0.2, 0.25) is 0 Å². The van der Waals surface area contributed by atoms with Gasteiger partial charge in [0.05, 0.1) is 20.8 Å². The number of methoxy groups -OCH3 is 2. The predicted molar refractivity (Wildman–Crippen MR) is 74.7 cm³/mol. The summed E-state index contributed by atoms with van der Waals surface area (Å²) in [4.78, 5) is 0. The molecule has 4 nitrogen and oxygen atoms in total. The lowest BCUT2D eigenvalue weighted by Gasteiger charge is -2.28. The van der Waals surface area contributed by atoms with Gasteiger partial charge >= 0.3 is 0 Å². The molecule has 0 bridgehead atoms. The van der Waals surface area contributed by atoms with Crippen LogP contribution in [0.5, 0.6) is 11.5 Å². The molecule has 0 aromatic heterocycles. The molecule has 2 rings (SSSR count). The van der Waals surface area contributed by atoms with Crippen LogP contribution < -0.4 is 14.8 Å². The zero-order chi connectivity index (χ0) is 13.7. The van der Waals surface area contributed by atoms with Gasteiger partial charge in [-0.15, -0.1) is 0 Å². The molecule has 0 spiro atoms. The highest BCUT2D eigenvalue weighted by Crippen LogP contribution is 2.30. The van der Waals surface area contributed by atoms with Crippen LogP contribution >= 0.6 is 0 Å². The summed E-state index contributed by atoms with van der Waals surface area (Å²) in [5.74, 6) is 1.58. The molecule has 1 aromatic carbocycles. The molecule has 0 radical (unpaired) electrons. The summed E-state index contributed by atoms with van der Waals surface area (Å²) in [5.41, 5.74) is 1.01. The number of aliphatic hydroxyl groups is 1. The van der Waals surface area contributed by atoms with Crippen molar-refractivity contribution in [3.8, 4) is 11.5 Å². The fourth-order valence-electron chi connectivity index (χ4n) is 2.70. The Labute approximate surface area is 114 Å². The number of ether oxygens (including phenoxy) is 2. The normalized spacial score (nSPS) is 17.4. The minimum atomic E-state index is -0.101. The zero-order valence-corrected chi connectivity index (χ0v) is 11.7. The van der Waals surface area contributed by atoms with Crippen molar-refractivity contribution in [2.45, 2.75) is 37.8 Å². The maximum absolute atomic E-state index is 9.58. The average Bonchev–Trinajstić information content (AvgIpc) is 2.94. The van der Waals surface area contributed by atoms with Crippen molar-refractivity contribution < 1.29 is 14.6 Å². The Bertz CT molecular complexity index is 392. The minimum absolute atomic E-state index is 0.101. The lowest BCUT2D eigenvalue weighted by molar-refractivity contribution is 0.163. The van der Waals surface area contributed by atoms with Gasteiger partial charge in [-0.3, -0.25) is 0 Å². The maximum atomic E-state index is 9.58. The van der Waals surface area contributed by atoms with E-state index in [1.165, 1.54) is 12.8 Å². The van der Waals surface area contributed by atoms with E-state index in [0.717, 1.165) is 29.9 Å². The Morgan fingerprint density at radius 1 is 1.11 bits per heavy atom. The van der Waals surface area contributed by atoms with Crippen molar-refractivity contribution >= 4 is 0 Å². The minimum Gasteiger partial charge on any atom is -0.497 e. The van der Waals surface area contributed by atoms with Crippen molar-refractivity contribution in [3.63, 3.8) is 0 Å². The predicted octanol–water partition coefficient (Wildman–Crippen LogP) is 2.10. The maximum Gasteiger partial charge on any atom is 0.122 e. The molecule has 0 aliphatic heterocycles. The second kappa shape index (κ2) is 6.26. The molecule has 2 N–H and O–H groups in total. The first kappa shape index (κ1) is 14.2. The van der Waals surface area contributed by atoms with E-state index < -0.39 is 0 Å². The van der Waals surface area contributed by atoms with Crippen molar-refractivity contribution in [1.82, 2.24) is 5.32 Å². The molecule has 1 saturated carbocycles. The molecule has 0 unspecified atom stereocenters. The van der Waals surface area contributed by atoms with Crippen molar-refractivity contribution in [2.75, 3.05) is 20.8 Å². The Balaban J connectivity index is 2.06. The fourth-order valence-corrected chi connectivity index (χ4v) is 2.70. The molecule has 4 heteroatoms. The molecule has 0 heterocycles. The summed E-state index contributed by atoms with van der Waals surface area (Å²) >= 11 is 0. The summed E-state index contributed by atoms with van der Waals surface area (Å²) in [6.07, 6.45) is 4.47. The molecular formula is C15H23NO3. The van der Waals surface area contributed by atoms with E-state index in [9.17, 15) is 5.11 Å². The lowest BCUT2D eigenvalue weighted by atomic mass is 9.98. The molecular weight excluding hydrogens is 242 g/mol. The van der Waals surface area contributed by atoms with E-state index in [-0.39, 0.29) is 12.1 Å². The standard InChI is InChI=1S/C15H23NO3/c1-18-13-7-12(8-14(9-13)19-2)10-16-15(11-17)5-3-4-6-15/h7-9,16-17H,3-6,10-11H2,1-2H3. The van der Waals surface area contributed by atoms with Crippen molar-refractivity contribution in [2.24, 2.45) is 0 Å². The van der Waals surface area contributed by atoms with Crippen LogP contribution in [-0.4, -0.2) is 31.5 Å². The summed E-state index contributed by atoms with van der Waals surface area (Å²) in [6.45, 7) is 0.919. The smallest absolute Gasteiger partial charge is 0.122 e. The van der Waals surface area contributed by atoms with Gasteiger partial charge in [-0.05, 0) is 30.5 Å². The molecule has 106 valence electrons. The number of hydrogen-bond acceptors (Lipinski definition) is 4. The van der Waals surface area contributed by atoms with Crippen LogP contribution in [0.3, 0.4) is 0 Å². The average molecular weight is 265 g/mol. The Morgan fingerprint density at radius 3 is 2.16 bits per heavy atom. The van der Waals surface area contributed by atoms with Crippen molar-refractivity contribution in [1.29, 1.82) is 0 Å². The SMILES string of the molecule is COc1cc(CNC2(CO)CCCC2)cc(OC)c1. The van der Waals surface area contributed by atoms with E-state index in [1.807, 2.05) is 18.2 Å². The quantitative estimate of drug-likeness (QED) is 0.827. The molecule has 19 heavy (non-hydrogen) atoms. The van der Waals surface area contributed by atoms with Crippen LogP contribution in [0.25, 0.3) is 0 Å². The summed E-state index contributed by atoms with van der Waals surface area (Å²) in [5, 5.41) is 13.1. The summed E-state index contributed by atoms with van der Waals surface area (Å²) in [7, 11) is 3.30. The summed E-state index contributed by atoms with van der Waals surface area (Å²) in [6, 6.07) is 5.85. The zero-order valence-electron chi connectivity index (χ0n) is 11.7. The van der Waals surface area contributed by atoms with Crippen LogP contribution in [0.1, 0.15) is 31.2 Å². The van der Waals surface area contributed by atoms with Gasteiger partial charge in [-0.2, -0.15) is 0 Å². The molecule has 0 atom stereocenters. The number of rotatable bonds is 6. The third kappa shape index (κ3) is 3.39. The van der Waals surface area contributed by atoms with E-state index in [1.54, 1.807) is 14.2 Å². The Kier molecular flexibility index (Phi) is 4.66. The molecule has 1 fully saturated rings. The first-order valence-electron chi connectivity index (χ1n) is 6.79. The largest absolute Gasteiger partial charge is 0.497 e. The number of benzene rings is 1. The van der Waals surface area contributed by atoms with Crippen LogP contribution in [0.15, 0.2) is 18.2 Å². The molecule has 1 aromatic rings.